The first kappa shape index (κ1) is 22.8. The second-order valence-electron chi connectivity index (χ2n) is 6.72. The second kappa shape index (κ2) is 9.93. The molecule has 3 aromatic rings. The molecule has 164 valence electrons. The van der Waals surface area contributed by atoms with Gasteiger partial charge < -0.3 is 15.4 Å². The molecule has 1 unspecified atom stereocenters. The number of carbonyl (C=O) groups excluding carboxylic acids is 2. The van der Waals surface area contributed by atoms with Crippen molar-refractivity contribution >= 4 is 27.2 Å². The number of carbonyl (C=O) groups is 2. The van der Waals surface area contributed by atoms with Gasteiger partial charge in [0, 0.05) is 22.6 Å². The van der Waals surface area contributed by atoms with Crippen molar-refractivity contribution in [2.75, 3.05) is 12.4 Å². The van der Waals surface area contributed by atoms with Gasteiger partial charge in [-0.2, -0.15) is 0 Å². The van der Waals surface area contributed by atoms with Crippen molar-refractivity contribution in [3.8, 4) is 5.75 Å². The molecule has 7 nitrogen and oxygen atoms in total. The number of benzene rings is 3. The van der Waals surface area contributed by atoms with Crippen LogP contribution in [-0.2, 0) is 9.84 Å². The topological polar surface area (TPSA) is 102 Å². The molecule has 0 aliphatic rings. The maximum absolute atomic E-state index is 13.2. The van der Waals surface area contributed by atoms with Crippen molar-refractivity contribution in [3.05, 3.63) is 102 Å². The number of methoxy groups -OCH3 is 1. The van der Waals surface area contributed by atoms with E-state index in [1.54, 1.807) is 60.7 Å². The molecular formula is C24H22N2O5S. The molecule has 0 bridgehead atoms. The highest BCUT2D eigenvalue weighted by molar-refractivity contribution is 7.94. The first-order valence-corrected chi connectivity index (χ1v) is 11.2. The zero-order valence-electron chi connectivity index (χ0n) is 17.3. The zero-order chi connectivity index (χ0) is 23.1. The fraction of sp³-hybridized carbons (Fsp3) is 0.0833. The standard InChI is InChI=1S/C24H22N2O5S/c1-3-32(29,30)19-14-15-20(21(16-19)31-2)25-23(22(27)17-10-6-4-7-11-17)26-24(28)18-12-8-5-9-13-18/h3-16,23,25H,1H2,2H3,(H,26,28). The molecule has 3 rings (SSSR count). The van der Waals surface area contributed by atoms with E-state index >= 15 is 0 Å². The number of nitrogens with one attached hydrogen (secondary N) is 2. The van der Waals surface area contributed by atoms with Crippen LogP contribution in [-0.4, -0.2) is 33.4 Å². The van der Waals surface area contributed by atoms with Crippen molar-refractivity contribution < 1.29 is 22.7 Å². The monoisotopic (exact) mass is 450 g/mol. The van der Waals surface area contributed by atoms with Gasteiger partial charge in [0.25, 0.3) is 5.91 Å². The molecule has 32 heavy (non-hydrogen) atoms. The van der Waals surface area contributed by atoms with Crippen LogP contribution in [0.25, 0.3) is 0 Å². The van der Waals surface area contributed by atoms with E-state index in [2.05, 4.69) is 17.2 Å². The van der Waals surface area contributed by atoms with Gasteiger partial charge in [0.15, 0.2) is 16.0 Å². The highest BCUT2D eigenvalue weighted by Gasteiger charge is 2.24. The summed E-state index contributed by atoms with van der Waals surface area (Å²) in [5, 5.41) is 6.51. The number of ether oxygens (including phenoxy) is 1. The Kier molecular flexibility index (Phi) is 7.07. The summed E-state index contributed by atoms with van der Waals surface area (Å²) in [7, 11) is -2.29. The van der Waals surface area contributed by atoms with Gasteiger partial charge in [0.1, 0.15) is 5.75 Å². The quantitative estimate of drug-likeness (QED) is 0.381. The lowest BCUT2D eigenvalue weighted by atomic mass is 10.1. The van der Waals surface area contributed by atoms with Gasteiger partial charge >= 0.3 is 0 Å². The van der Waals surface area contributed by atoms with Gasteiger partial charge in [0.2, 0.25) is 5.78 Å². The SMILES string of the molecule is C=CS(=O)(=O)c1ccc(NC(NC(=O)c2ccccc2)C(=O)c2ccccc2)c(OC)c1. The number of ketones is 1. The van der Waals surface area contributed by atoms with E-state index in [-0.39, 0.29) is 16.4 Å². The highest BCUT2D eigenvalue weighted by Crippen LogP contribution is 2.29. The second-order valence-corrected chi connectivity index (χ2v) is 8.62. The summed E-state index contributed by atoms with van der Waals surface area (Å²) in [5.74, 6) is -0.635. The van der Waals surface area contributed by atoms with Crippen LogP contribution in [0.1, 0.15) is 20.7 Å². The Balaban J connectivity index is 1.96. The molecular weight excluding hydrogens is 428 g/mol. The maximum Gasteiger partial charge on any atom is 0.253 e. The summed E-state index contributed by atoms with van der Waals surface area (Å²) in [5.41, 5.74) is 1.11. The van der Waals surface area contributed by atoms with Crippen molar-refractivity contribution in [1.82, 2.24) is 5.32 Å². The van der Waals surface area contributed by atoms with Crippen LogP contribution in [0.2, 0.25) is 0 Å². The number of hydrogen-bond acceptors (Lipinski definition) is 6. The molecule has 0 radical (unpaired) electrons. The van der Waals surface area contributed by atoms with Crippen LogP contribution in [0, 0.1) is 0 Å². The van der Waals surface area contributed by atoms with E-state index < -0.39 is 21.9 Å². The van der Waals surface area contributed by atoms with Crippen LogP contribution in [0.3, 0.4) is 0 Å². The molecule has 0 aliphatic carbocycles. The lowest BCUT2D eigenvalue weighted by Crippen LogP contribution is -2.46. The van der Waals surface area contributed by atoms with Gasteiger partial charge in [-0.3, -0.25) is 9.59 Å². The molecule has 1 amide bonds. The van der Waals surface area contributed by atoms with Crippen molar-refractivity contribution in [2.24, 2.45) is 0 Å². The Bertz CT molecular complexity index is 1230. The minimum absolute atomic E-state index is 0.00541. The summed E-state index contributed by atoms with van der Waals surface area (Å²) in [6.07, 6.45) is -1.14. The molecule has 0 heterocycles. The summed E-state index contributed by atoms with van der Waals surface area (Å²) >= 11 is 0. The van der Waals surface area contributed by atoms with E-state index in [0.29, 0.717) is 16.8 Å². The Morgan fingerprint density at radius 2 is 1.53 bits per heavy atom. The zero-order valence-corrected chi connectivity index (χ0v) is 18.1. The molecule has 0 aliphatic heterocycles. The molecule has 0 saturated heterocycles. The number of amides is 1. The molecule has 1 atom stereocenters. The summed E-state index contributed by atoms with van der Waals surface area (Å²) in [6, 6.07) is 21.2. The van der Waals surface area contributed by atoms with Crippen molar-refractivity contribution in [3.63, 3.8) is 0 Å². The van der Waals surface area contributed by atoms with E-state index in [0.717, 1.165) is 5.41 Å². The van der Waals surface area contributed by atoms with E-state index in [9.17, 15) is 18.0 Å². The van der Waals surface area contributed by atoms with Gasteiger partial charge in [0.05, 0.1) is 17.7 Å². The largest absolute Gasteiger partial charge is 0.495 e. The molecule has 8 heteroatoms. The number of hydrogen-bond donors (Lipinski definition) is 2. The predicted octanol–water partition coefficient (Wildman–Crippen LogP) is 3.66. The average Bonchev–Trinajstić information content (AvgIpc) is 2.84. The third kappa shape index (κ3) is 5.22. The Morgan fingerprint density at radius 1 is 0.938 bits per heavy atom. The Labute approximate surface area is 186 Å². The molecule has 0 aromatic heterocycles. The van der Waals surface area contributed by atoms with Crippen molar-refractivity contribution in [1.29, 1.82) is 0 Å². The minimum Gasteiger partial charge on any atom is -0.495 e. The normalized spacial score (nSPS) is 11.8. The first-order valence-electron chi connectivity index (χ1n) is 9.63. The fourth-order valence-corrected chi connectivity index (χ4v) is 3.68. The minimum atomic E-state index is -3.67. The third-order valence-corrected chi connectivity index (χ3v) is 6.00. The molecule has 3 aromatic carbocycles. The summed E-state index contributed by atoms with van der Waals surface area (Å²) in [4.78, 5) is 25.9. The van der Waals surface area contributed by atoms with E-state index in [1.807, 2.05) is 0 Å². The van der Waals surface area contributed by atoms with E-state index in [4.69, 9.17) is 4.74 Å². The van der Waals surface area contributed by atoms with Gasteiger partial charge in [-0.1, -0.05) is 55.1 Å². The summed E-state index contributed by atoms with van der Waals surface area (Å²) < 4.78 is 29.5. The first-order chi connectivity index (χ1) is 15.4. The van der Waals surface area contributed by atoms with Crippen molar-refractivity contribution in [2.45, 2.75) is 11.1 Å². The van der Waals surface area contributed by atoms with Gasteiger partial charge in [-0.15, -0.1) is 0 Å². The highest BCUT2D eigenvalue weighted by atomic mass is 32.2. The van der Waals surface area contributed by atoms with Crippen LogP contribution in [0.15, 0.2) is 95.7 Å². The molecule has 0 saturated carbocycles. The van der Waals surface area contributed by atoms with E-state index in [1.165, 1.54) is 25.3 Å². The van der Waals surface area contributed by atoms with Crippen LogP contribution < -0.4 is 15.4 Å². The Morgan fingerprint density at radius 3 is 2.09 bits per heavy atom. The lowest BCUT2D eigenvalue weighted by Gasteiger charge is -2.22. The fourth-order valence-electron chi connectivity index (χ4n) is 2.96. The molecule has 0 fully saturated rings. The number of anilines is 1. The number of Topliss-reactive ketones (excluding diaryl/α,β-unsaturated/α-hetero) is 1. The van der Waals surface area contributed by atoms with Gasteiger partial charge in [-0.05, 0) is 24.3 Å². The number of sulfone groups is 1. The lowest BCUT2D eigenvalue weighted by molar-refractivity contribution is 0.0869. The average molecular weight is 451 g/mol. The molecule has 2 N–H and O–H groups in total. The Hall–Kier alpha value is -3.91. The van der Waals surface area contributed by atoms with Gasteiger partial charge in [-0.25, -0.2) is 8.42 Å². The smallest absolute Gasteiger partial charge is 0.253 e. The maximum atomic E-state index is 13.2. The predicted molar refractivity (Wildman–Crippen MR) is 122 cm³/mol. The third-order valence-electron chi connectivity index (χ3n) is 4.65. The van der Waals surface area contributed by atoms with Crippen LogP contribution >= 0.6 is 0 Å². The molecule has 0 spiro atoms. The summed E-state index contributed by atoms with van der Waals surface area (Å²) in [6.45, 7) is 3.32. The van der Waals surface area contributed by atoms with Crippen LogP contribution in [0.5, 0.6) is 5.75 Å². The number of rotatable bonds is 9. The van der Waals surface area contributed by atoms with Crippen LogP contribution in [0.4, 0.5) is 5.69 Å².